The van der Waals surface area contributed by atoms with Crippen molar-refractivity contribution < 1.29 is 9.53 Å². The summed E-state index contributed by atoms with van der Waals surface area (Å²) < 4.78 is 5.20. The maximum Gasteiger partial charge on any atom is 0.165 e. The highest BCUT2D eigenvalue weighted by Gasteiger charge is 2.17. The molecule has 1 N–H and O–H groups in total. The summed E-state index contributed by atoms with van der Waals surface area (Å²) in [5, 5.41) is 4.08. The minimum Gasteiger partial charge on any atom is -0.497 e. The fraction of sp³-hybridized carbons (Fsp3) is 0.136. The lowest BCUT2D eigenvalue weighted by Gasteiger charge is -2.20. The molecule has 0 aliphatic heterocycles. The van der Waals surface area contributed by atoms with Crippen LogP contribution in [0.4, 0.5) is 5.69 Å². The molecular formula is C22H20ClNO2. The lowest BCUT2D eigenvalue weighted by molar-refractivity contribution is 0.0976. The Morgan fingerprint density at radius 2 is 1.62 bits per heavy atom. The Balaban J connectivity index is 1.81. The van der Waals surface area contributed by atoms with E-state index in [4.69, 9.17) is 16.3 Å². The summed E-state index contributed by atoms with van der Waals surface area (Å²) in [6.45, 7) is 0. The summed E-state index contributed by atoms with van der Waals surface area (Å²) >= 11 is 5.92. The number of ketones is 1. The van der Waals surface area contributed by atoms with Gasteiger partial charge in [0, 0.05) is 22.7 Å². The molecule has 3 aromatic carbocycles. The second kappa shape index (κ2) is 8.54. The summed E-state index contributed by atoms with van der Waals surface area (Å²) in [7, 11) is 1.64. The summed E-state index contributed by atoms with van der Waals surface area (Å²) in [5.74, 6) is 0.862. The summed E-state index contributed by atoms with van der Waals surface area (Å²) in [5.41, 5.74) is 2.65. The monoisotopic (exact) mass is 365 g/mol. The number of rotatable bonds is 7. The van der Waals surface area contributed by atoms with Crippen molar-refractivity contribution >= 4 is 23.1 Å². The van der Waals surface area contributed by atoms with Crippen molar-refractivity contribution in [2.75, 3.05) is 12.4 Å². The Hall–Kier alpha value is -2.78. The zero-order chi connectivity index (χ0) is 18.4. The van der Waals surface area contributed by atoms with E-state index in [-0.39, 0.29) is 11.8 Å². The van der Waals surface area contributed by atoms with Crippen LogP contribution in [0.25, 0.3) is 0 Å². The molecule has 0 unspecified atom stereocenters. The van der Waals surface area contributed by atoms with Crippen molar-refractivity contribution in [1.29, 1.82) is 0 Å². The van der Waals surface area contributed by atoms with Crippen LogP contribution in [0.5, 0.6) is 5.75 Å². The molecule has 3 rings (SSSR count). The number of ether oxygens (including phenoxy) is 1. The molecular weight excluding hydrogens is 346 g/mol. The average Bonchev–Trinajstić information content (AvgIpc) is 2.69. The van der Waals surface area contributed by atoms with Gasteiger partial charge in [-0.1, -0.05) is 41.9 Å². The molecule has 0 amide bonds. The molecule has 26 heavy (non-hydrogen) atoms. The van der Waals surface area contributed by atoms with Crippen LogP contribution in [0.1, 0.15) is 28.4 Å². The second-order valence-electron chi connectivity index (χ2n) is 5.97. The number of nitrogens with one attached hydrogen (secondary N) is 1. The lowest BCUT2D eigenvalue weighted by Crippen LogP contribution is -2.15. The summed E-state index contributed by atoms with van der Waals surface area (Å²) in [4.78, 5) is 12.7. The molecule has 1 atom stereocenters. The van der Waals surface area contributed by atoms with E-state index in [1.54, 1.807) is 31.4 Å². The average molecular weight is 366 g/mol. The number of benzene rings is 3. The number of hydrogen-bond acceptors (Lipinski definition) is 3. The maximum atomic E-state index is 12.7. The third kappa shape index (κ3) is 4.64. The van der Waals surface area contributed by atoms with E-state index in [9.17, 15) is 4.79 Å². The third-order valence-electron chi connectivity index (χ3n) is 4.19. The van der Waals surface area contributed by atoms with E-state index < -0.39 is 0 Å². The van der Waals surface area contributed by atoms with Crippen molar-refractivity contribution in [2.24, 2.45) is 0 Å². The van der Waals surface area contributed by atoms with Gasteiger partial charge in [-0.25, -0.2) is 0 Å². The first-order valence-electron chi connectivity index (χ1n) is 8.40. The van der Waals surface area contributed by atoms with Crippen molar-refractivity contribution in [2.45, 2.75) is 12.5 Å². The van der Waals surface area contributed by atoms with Gasteiger partial charge >= 0.3 is 0 Å². The van der Waals surface area contributed by atoms with Crippen LogP contribution < -0.4 is 10.1 Å². The summed E-state index contributed by atoms with van der Waals surface area (Å²) in [6.07, 6.45) is 0.345. The van der Waals surface area contributed by atoms with Gasteiger partial charge in [0.25, 0.3) is 0 Å². The molecule has 0 saturated carbocycles. The number of Topliss-reactive ketones (excluding diaryl/α,β-unsaturated/α-hetero) is 1. The number of carbonyl (C=O) groups excluding carboxylic acids is 1. The Morgan fingerprint density at radius 3 is 2.23 bits per heavy atom. The van der Waals surface area contributed by atoms with Gasteiger partial charge in [0.1, 0.15) is 5.75 Å². The molecule has 0 aliphatic carbocycles. The van der Waals surface area contributed by atoms with Gasteiger partial charge in [0.15, 0.2) is 5.78 Å². The molecule has 0 bridgehead atoms. The first-order valence-corrected chi connectivity index (χ1v) is 8.78. The molecule has 0 radical (unpaired) electrons. The molecule has 3 aromatic rings. The fourth-order valence-electron chi connectivity index (χ4n) is 2.77. The minimum atomic E-state index is -0.132. The first kappa shape index (κ1) is 18.0. The number of carbonyl (C=O) groups is 1. The largest absolute Gasteiger partial charge is 0.497 e. The van der Waals surface area contributed by atoms with E-state index in [1.807, 2.05) is 54.6 Å². The molecule has 4 heteroatoms. The lowest BCUT2D eigenvalue weighted by atomic mass is 9.97. The van der Waals surface area contributed by atoms with Crippen LogP contribution in [0.15, 0.2) is 78.9 Å². The van der Waals surface area contributed by atoms with Crippen molar-refractivity contribution in [3.63, 3.8) is 0 Å². The SMILES string of the molecule is COc1ccc(N[C@@H](CC(=O)c2ccc(Cl)cc2)c2ccccc2)cc1. The van der Waals surface area contributed by atoms with Gasteiger partial charge < -0.3 is 10.1 Å². The normalized spacial score (nSPS) is 11.6. The maximum absolute atomic E-state index is 12.7. The highest BCUT2D eigenvalue weighted by atomic mass is 35.5. The third-order valence-corrected chi connectivity index (χ3v) is 4.44. The standard InChI is InChI=1S/C22H20ClNO2/c1-26-20-13-11-19(12-14-20)24-21(16-5-3-2-4-6-16)15-22(25)17-7-9-18(23)10-8-17/h2-14,21,24H,15H2,1H3/t21-/m0/s1. The van der Waals surface area contributed by atoms with E-state index in [0.29, 0.717) is 17.0 Å². The van der Waals surface area contributed by atoms with Crippen LogP contribution in [0.2, 0.25) is 5.02 Å². The predicted octanol–water partition coefficient (Wildman–Crippen LogP) is 5.77. The quantitative estimate of drug-likeness (QED) is 0.540. The molecule has 3 nitrogen and oxygen atoms in total. The predicted molar refractivity (Wildman–Crippen MR) is 106 cm³/mol. The zero-order valence-electron chi connectivity index (χ0n) is 14.5. The first-order chi connectivity index (χ1) is 12.7. The van der Waals surface area contributed by atoms with Gasteiger partial charge in [-0.2, -0.15) is 0 Å². The smallest absolute Gasteiger partial charge is 0.165 e. The number of hydrogen-bond donors (Lipinski definition) is 1. The molecule has 0 saturated heterocycles. The van der Waals surface area contributed by atoms with E-state index in [2.05, 4.69) is 5.32 Å². The van der Waals surface area contributed by atoms with Crippen molar-refractivity contribution in [3.05, 3.63) is 95.0 Å². The van der Waals surface area contributed by atoms with E-state index in [0.717, 1.165) is 17.0 Å². The molecule has 0 heterocycles. The van der Waals surface area contributed by atoms with Crippen molar-refractivity contribution in [1.82, 2.24) is 0 Å². The van der Waals surface area contributed by atoms with Gasteiger partial charge in [0.05, 0.1) is 13.2 Å². The van der Waals surface area contributed by atoms with Crippen LogP contribution in [0, 0.1) is 0 Å². The van der Waals surface area contributed by atoms with Crippen LogP contribution in [0.3, 0.4) is 0 Å². The molecule has 0 fully saturated rings. The topological polar surface area (TPSA) is 38.3 Å². The Kier molecular flexibility index (Phi) is 5.92. The molecule has 0 aromatic heterocycles. The van der Waals surface area contributed by atoms with Crippen LogP contribution >= 0.6 is 11.6 Å². The van der Waals surface area contributed by atoms with Crippen LogP contribution in [-0.4, -0.2) is 12.9 Å². The second-order valence-corrected chi connectivity index (χ2v) is 6.41. The molecule has 132 valence electrons. The van der Waals surface area contributed by atoms with Crippen LogP contribution in [-0.2, 0) is 0 Å². The van der Waals surface area contributed by atoms with Gasteiger partial charge in [-0.15, -0.1) is 0 Å². The van der Waals surface area contributed by atoms with Crippen molar-refractivity contribution in [3.8, 4) is 5.75 Å². The summed E-state index contributed by atoms with van der Waals surface area (Å²) in [6, 6.07) is 24.5. The number of halogens is 1. The zero-order valence-corrected chi connectivity index (χ0v) is 15.2. The molecule has 0 spiro atoms. The molecule has 0 aliphatic rings. The highest BCUT2D eigenvalue weighted by molar-refractivity contribution is 6.30. The van der Waals surface area contributed by atoms with Gasteiger partial charge in [-0.3, -0.25) is 4.79 Å². The minimum absolute atomic E-state index is 0.0662. The Morgan fingerprint density at radius 1 is 0.962 bits per heavy atom. The Labute approximate surface area is 158 Å². The number of anilines is 1. The number of methoxy groups -OCH3 is 1. The van der Waals surface area contributed by atoms with E-state index in [1.165, 1.54) is 0 Å². The highest BCUT2D eigenvalue weighted by Crippen LogP contribution is 2.26. The van der Waals surface area contributed by atoms with E-state index >= 15 is 0 Å². The van der Waals surface area contributed by atoms with Gasteiger partial charge in [-0.05, 0) is 54.1 Å². The van der Waals surface area contributed by atoms with Gasteiger partial charge in [0.2, 0.25) is 0 Å². The fourth-order valence-corrected chi connectivity index (χ4v) is 2.89. The Bertz CT molecular complexity index is 846.